The molecule has 0 aromatic carbocycles. The minimum atomic E-state index is 0.429. The Labute approximate surface area is 107 Å². The van der Waals surface area contributed by atoms with Crippen LogP contribution in [0.3, 0.4) is 0 Å². The molecule has 7 nitrogen and oxygen atoms in total. The van der Waals surface area contributed by atoms with Gasteiger partial charge in [-0.05, 0) is 6.92 Å². The average molecular weight is 250 g/mol. The van der Waals surface area contributed by atoms with Crippen molar-refractivity contribution in [2.24, 2.45) is 5.84 Å². The molecule has 18 heavy (non-hydrogen) atoms. The molecule has 0 saturated carbocycles. The number of rotatable bonds is 7. The Hall–Kier alpha value is -1.91. The Morgan fingerprint density at radius 2 is 2.28 bits per heavy atom. The van der Waals surface area contributed by atoms with E-state index in [-0.39, 0.29) is 0 Å². The van der Waals surface area contributed by atoms with Crippen LogP contribution in [0.15, 0.2) is 6.07 Å². The maximum atomic E-state index is 8.67. The van der Waals surface area contributed by atoms with E-state index in [1.165, 1.54) is 0 Å². The SMILES string of the molecule is COCCN(CCC#N)c1cc(NN)nc(C)n1. The molecule has 0 radical (unpaired) electrons. The maximum absolute atomic E-state index is 8.67. The van der Waals surface area contributed by atoms with Gasteiger partial charge in [0.05, 0.1) is 19.1 Å². The first-order chi connectivity index (χ1) is 8.71. The first kappa shape index (κ1) is 14.2. The van der Waals surface area contributed by atoms with Gasteiger partial charge in [0.1, 0.15) is 17.5 Å². The van der Waals surface area contributed by atoms with Gasteiger partial charge in [0.15, 0.2) is 0 Å². The van der Waals surface area contributed by atoms with Crippen LogP contribution in [0.5, 0.6) is 0 Å². The summed E-state index contributed by atoms with van der Waals surface area (Å²) in [6.07, 6.45) is 0.429. The number of ether oxygens (including phenoxy) is 1. The summed E-state index contributed by atoms with van der Waals surface area (Å²) in [5, 5.41) is 8.67. The van der Waals surface area contributed by atoms with Crippen LogP contribution in [0.2, 0.25) is 0 Å². The van der Waals surface area contributed by atoms with Crippen LogP contribution < -0.4 is 16.2 Å². The van der Waals surface area contributed by atoms with E-state index < -0.39 is 0 Å². The Morgan fingerprint density at radius 1 is 1.50 bits per heavy atom. The van der Waals surface area contributed by atoms with Gasteiger partial charge >= 0.3 is 0 Å². The minimum absolute atomic E-state index is 0.429. The first-order valence-corrected chi connectivity index (χ1v) is 5.64. The molecule has 98 valence electrons. The summed E-state index contributed by atoms with van der Waals surface area (Å²) >= 11 is 0. The van der Waals surface area contributed by atoms with Gasteiger partial charge in [-0.15, -0.1) is 0 Å². The Morgan fingerprint density at radius 3 is 2.89 bits per heavy atom. The van der Waals surface area contributed by atoms with Crippen LogP contribution in [0, 0.1) is 18.3 Å². The number of methoxy groups -OCH3 is 1. The minimum Gasteiger partial charge on any atom is -0.383 e. The smallest absolute Gasteiger partial charge is 0.145 e. The summed E-state index contributed by atoms with van der Waals surface area (Å²) < 4.78 is 5.05. The number of nitriles is 1. The number of nitrogen functional groups attached to an aromatic ring is 1. The van der Waals surface area contributed by atoms with Crippen molar-refractivity contribution in [2.75, 3.05) is 37.1 Å². The van der Waals surface area contributed by atoms with E-state index in [1.807, 2.05) is 4.90 Å². The van der Waals surface area contributed by atoms with Crippen molar-refractivity contribution in [3.8, 4) is 6.07 Å². The van der Waals surface area contributed by atoms with E-state index in [1.54, 1.807) is 20.1 Å². The normalized spacial score (nSPS) is 9.89. The number of anilines is 2. The quantitative estimate of drug-likeness (QED) is 0.535. The molecule has 1 rings (SSSR count). The van der Waals surface area contributed by atoms with Gasteiger partial charge in [0.25, 0.3) is 0 Å². The highest BCUT2D eigenvalue weighted by Crippen LogP contribution is 2.15. The van der Waals surface area contributed by atoms with Crippen LogP contribution >= 0.6 is 0 Å². The molecule has 0 amide bonds. The van der Waals surface area contributed by atoms with Crippen molar-refractivity contribution in [1.29, 1.82) is 5.26 Å². The van der Waals surface area contributed by atoms with E-state index >= 15 is 0 Å². The zero-order valence-corrected chi connectivity index (χ0v) is 10.7. The fourth-order valence-electron chi connectivity index (χ4n) is 1.52. The molecule has 7 heteroatoms. The largest absolute Gasteiger partial charge is 0.383 e. The molecule has 0 aliphatic heterocycles. The molecule has 0 spiro atoms. The third-order valence-corrected chi connectivity index (χ3v) is 2.36. The highest BCUT2D eigenvalue weighted by Gasteiger charge is 2.10. The number of nitrogens with one attached hydrogen (secondary N) is 1. The monoisotopic (exact) mass is 250 g/mol. The molecule has 0 atom stereocenters. The van der Waals surface area contributed by atoms with Gasteiger partial charge in [-0.25, -0.2) is 15.8 Å². The van der Waals surface area contributed by atoms with E-state index in [0.717, 1.165) is 5.82 Å². The zero-order chi connectivity index (χ0) is 13.4. The van der Waals surface area contributed by atoms with Crippen LogP contribution in [0.1, 0.15) is 12.2 Å². The van der Waals surface area contributed by atoms with Crippen molar-refractivity contribution in [2.45, 2.75) is 13.3 Å². The second-order valence-corrected chi connectivity index (χ2v) is 3.69. The summed E-state index contributed by atoms with van der Waals surface area (Å²) in [6.45, 7) is 3.63. The fraction of sp³-hybridized carbons (Fsp3) is 0.545. The molecule has 0 bridgehead atoms. The standard InChI is InChI=1S/C11H18N6O/c1-9-14-10(16-13)8-11(15-9)17(5-3-4-12)6-7-18-2/h8H,3,5-7,13H2,1-2H3,(H,14,15,16). The summed E-state index contributed by atoms with van der Waals surface area (Å²) in [4.78, 5) is 10.4. The molecular formula is C11H18N6O. The van der Waals surface area contributed by atoms with Crippen LogP contribution in [-0.2, 0) is 4.74 Å². The lowest BCUT2D eigenvalue weighted by molar-refractivity contribution is 0.205. The molecule has 1 heterocycles. The van der Waals surface area contributed by atoms with Crippen molar-refractivity contribution < 1.29 is 4.74 Å². The number of hydrogen-bond acceptors (Lipinski definition) is 7. The van der Waals surface area contributed by atoms with Crippen molar-refractivity contribution in [3.63, 3.8) is 0 Å². The van der Waals surface area contributed by atoms with Gasteiger partial charge in [-0.1, -0.05) is 0 Å². The highest BCUT2D eigenvalue weighted by molar-refractivity contribution is 5.48. The number of nitrogens with two attached hydrogens (primary N) is 1. The molecule has 0 fully saturated rings. The van der Waals surface area contributed by atoms with Crippen molar-refractivity contribution >= 4 is 11.6 Å². The van der Waals surface area contributed by atoms with Crippen molar-refractivity contribution in [1.82, 2.24) is 9.97 Å². The Kier molecular flexibility index (Phi) is 5.84. The summed E-state index contributed by atoms with van der Waals surface area (Å²) in [5.74, 6) is 7.27. The Bertz CT molecular complexity index is 416. The lowest BCUT2D eigenvalue weighted by atomic mass is 10.3. The molecule has 0 saturated heterocycles. The summed E-state index contributed by atoms with van der Waals surface area (Å²) in [5.41, 5.74) is 2.50. The van der Waals surface area contributed by atoms with Crippen molar-refractivity contribution in [3.05, 3.63) is 11.9 Å². The van der Waals surface area contributed by atoms with Crippen LogP contribution in [0.25, 0.3) is 0 Å². The zero-order valence-electron chi connectivity index (χ0n) is 10.7. The van der Waals surface area contributed by atoms with Crippen LogP contribution in [0.4, 0.5) is 11.6 Å². The van der Waals surface area contributed by atoms with E-state index in [4.69, 9.17) is 15.8 Å². The van der Waals surface area contributed by atoms with Gasteiger partial charge in [-0.3, -0.25) is 0 Å². The molecule has 0 aliphatic carbocycles. The topological polar surface area (TPSA) is 100 Å². The Balaban J connectivity index is 2.88. The lowest BCUT2D eigenvalue weighted by Crippen LogP contribution is -2.29. The molecule has 1 aromatic rings. The molecule has 1 aromatic heterocycles. The molecule has 0 unspecified atom stereocenters. The van der Waals surface area contributed by atoms with Gasteiger partial charge in [0.2, 0.25) is 0 Å². The van der Waals surface area contributed by atoms with Crippen LogP contribution in [-0.4, -0.2) is 36.8 Å². The summed E-state index contributed by atoms with van der Waals surface area (Å²) in [7, 11) is 1.64. The predicted octanol–water partition coefficient (Wildman–Crippen LogP) is 0.437. The lowest BCUT2D eigenvalue weighted by Gasteiger charge is -2.22. The fourth-order valence-corrected chi connectivity index (χ4v) is 1.52. The third kappa shape index (κ3) is 4.16. The number of hydrogen-bond donors (Lipinski definition) is 2. The van der Waals surface area contributed by atoms with E-state index in [2.05, 4.69) is 21.5 Å². The van der Waals surface area contributed by atoms with Gasteiger partial charge in [0, 0.05) is 26.3 Å². The summed E-state index contributed by atoms with van der Waals surface area (Å²) in [6, 6.07) is 3.87. The maximum Gasteiger partial charge on any atom is 0.145 e. The second-order valence-electron chi connectivity index (χ2n) is 3.69. The molecular weight excluding hydrogens is 232 g/mol. The number of aryl methyl sites for hydroxylation is 1. The highest BCUT2D eigenvalue weighted by atomic mass is 16.5. The molecule has 3 N–H and O–H groups in total. The van der Waals surface area contributed by atoms with Gasteiger partial charge in [-0.2, -0.15) is 5.26 Å². The molecule has 0 aliphatic rings. The average Bonchev–Trinajstić information content (AvgIpc) is 2.38. The number of nitrogens with zero attached hydrogens (tertiary/aromatic N) is 4. The van der Waals surface area contributed by atoms with Gasteiger partial charge < -0.3 is 15.1 Å². The predicted molar refractivity (Wildman–Crippen MR) is 68.9 cm³/mol. The van der Waals surface area contributed by atoms with E-state index in [0.29, 0.717) is 37.8 Å². The number of hydrazine groups is 1. The second kappa shape index (κ2) is 7.42. The third-order valence-electron chi connectivity index (χ3n) is 2.36. The first-order valence-electron chi connectivity index (χ1n) is 5.64. The van der Waals surface area contributed by atoms with E-state index in [9.17, 15) is 0 Å². The number of aromatic nitrogens is 2.